The Balaban J connectivity index is 2.11. The van der Waals surface area contributed by atoms with Crippen molar-refractivity contribution in [1.82, 2.24) is 8.96 Å². The number of benzene rings is 2. The van der Waals surface area contributed by atoms with E-state index in [9.17, 15) is 13.2 Å². The van der Waals surface area contributed by atoms with Crippen molar-refractivity contribution in [3.05, 3.63) is 76.4 Å². The van der Waals surface area contributed by atoms with Crippen molar-refractivity contribution in [2.45, 2.75) is 11.8 Å². The maximum absolute atomic E-state index is 13.7. The van der Waals surface area contributed by atoms with Crippen LogP contribution in [0.1, 0.15) is 15.9 Å². The van der Waals surface area contributed by atoms with Crippen molar-refractivity contribution in [3.63, 3.8) is 0 Å². The molecule has 0 N–H and O–H groups in total. The van der Waals surface area contributed by atoms with E-state index in [2.05, 4.69) is 20.9 Å². The quantitative estimate of drug-likeness (QED) is 0.379. The maximum Gasteiger partial charge on any atom is 0.269 e. The molecule has 0 saturated carbocycles. The molecule has 2 aromatic carbocycles. The number of fused-ring (bicyclic) bond motifs is 1. The zero-order chi connectivity index (χ0) is 21.5. The fourth-order valence-electron chi connectivity index (χ4n) is 3.29. The summed E-state index contributed by atoms with van der Waals surface area (Å²) in [7, 11) is -2.49. The van der Waals surface area contributed by atoms with Gasteiger partial charge in [0.15, 0.2) is 5.65 Å². The molecule has 8 heteroatoms. The highest BCUT2D eigenvalue weighted by atomic mass is 79.9. The monoisotopic (exact) mass is 484 g/mol. The number of methoxy groups -OCH3 is 1. The van der Waals surface area contributed by atoms with Crippen LogP contribution in [0.15, 0.2) is 70.2 Å². The van der Waals surface area contributed by atoms with Crippen LogP contribution in [-0.2, 0) is 10.0 Å². The summed E-state index contributed by atoms with van der Waals surface area (Å²) in [4.78, 5) is 15.8. The lowest BCUT2D eigenvalue weighted by Gasteiger charge is -2.14. The van der Waals surface area contributed by atoms with Gasteiger partial charge in [-0.1, -0.05) is 17.7 Å². The second kappa shape index (κ2) is 7.70. The summed E-state index contributed by atoms with van der Waals surface area (Å²) in [5.74, 6) is 0.444. The topological polar surface area (TPSA) is 78.3 Å². The van der Waals surface area contributed by atoms with Crippen LogP contribution in [0.2, 0.25) is 0 Å². The number of carbonyl (C=O) groups excluding carboxylic acids is 1. The number of nitrogens with zero attached hydrogens (tertiary/aromatic N) is 2. The van der Waals surface area contributed by atoms with Crippen molar-refractivity contribution in [2.24, 2.45) is 0 Å². The van der Waals surface area contributed by atoms with E-state index >= 15 is 0 Å². The number of hydrogen-bond acceptors (Lipinski definition) is 5. The molecular weight excluding hydrogens is 468 g/mol. The minimum Gasteiger partial charge on any atom is -0.496 e. The van der Waals surface area contributed by atoms with E-state index in [1.54, 1.807) is 54.6 Å². The third-order valence-electron chi connectivity index (χ3n) is 4.80. The Hall–Kier alpha value is -2.97. The molecule has 0 radical (unpaired) electrons. The van der Waals surface area contributed by atoms with E-state index in [0.717, 1.165) is 5.56 Å². The molecule has 0 fully saturated rings. The van der Waals surface area contributed by atoms with Gasteiger partial charge in [-0.25, -0.2) is 17.4 Å². The highest BCUT2D eigenvalue weighted by Gasteiger charge is 2.27. The number of aromatic nitrogens is 2. The maximum atomic E-state index is 13.7. The second-order valence-corrected chi connectivity index (χ2v) is 9.36. The van der Waals surface area contributed by atoms with Crippen LogP contribution in [0, 0.1) is 6.92 Å². The van der Waals surface area contributed by atoms with Crippen LogP contribution in [-0.4, -0.2) is 30.8 Å². The summed E-state index contributed by atoms with van der Waals surface area (Å²) in [6.45, 7) is 1.89. The van der Waals surface area contributed by atoms with Crippen LogP contribution in [0.25, 0.3) is 22.3 Å². The molecule has 0 bridgehead atoms. The van der Waals surface area contributed by atoms with Gasteiger partial charge in [0, 0.05) is 27.2 Å². The number of aryl methyl sites for hydroxylation is 1. The highest BCUT2D eigenvalue weighted by Crippen LogP contribution is 2.38. The average Bonchev–Trinajstić information content (AvgIpc) is 3.15. The van der Waals surface area contributed by atoms with E-state index in [-0.39, 0.29) is 10.5 Å². The molecule has 152 valence electrons. The summed E-state index contributed by atoms with van der Waals surface area (Å²) < 4.78 is 34.7. The first-order valence-electron chi connectivity index (χ1n) is 8.98. The number of hydrogen-bond donors (Lipinski definition) is 0. The molecule has 0 aliphatic rings. The van der Waals surface area contributed by atoms with Crippen molar-refractivity contribution in [3.8, 4) is 17.0 Å². The van der Waals surface area contributed by atoms with E-state index in [1.165, 1.54) is 17.3 Å². The molecule has 4 rings (SSSR count). The molecular formula is C22H17BrN2O4S. The molecule has 2 aromatic heterocycles. The van der Waals surface area contributed by atoms with E-state index in [0.29, 0.717) is 38.7 Å². The van der Waals surface area contributed by atoms with Crippen LogP contribution < -0.4 is 4.74 Å². The highest BCUT2D eigenvalue weighted by molar-refractivity contribution is 9.10. The normalized spacial score (nSPS) is 11.6. The molecule has 0 aliphatic heterocycles. The molecule has 0 unspecified atom stereocenters. The van der Waals surface area contributed by atoms with Gasteiger partial charge in [0.1, 0.15) is 12.0 Å². The zero-order valence-corrected chi connectivity index (χ0v) is 18.6. The van der Waals surface area contributed by atoms with E-state index < -0.39 is 10.0 Å². The van der Waals surface area contributed by atoms with Crippen LogP contribution in [0.4, 0.5) is 0 Å². The summed E-state index contributed by atoms with van der Waals surface area (Å²) in [6.07, 6.45) is 2.25. The molecule has 0 saturated heterocycles. The predicted octanol–water partition coefficient (Wildman–Crippen LogP) is 4.83. The number of halogens is 1. The molecule has 30 heavy (non-hydrogen) atoms. The number of ether oxygens (including phenoxy) is 1. The number of rotatable bonds is 5. The lowest BCUT2D eigenvalue weighted by atomic mass is 10.1. The molecule has 6 nitrogen and oxygen atoms in total. The Morgan fingerprint density at radius 1 is 1.07 bits per heavy atom. The molecule has 0 spiro atoms. The van der Waals surface area contributed by atoms with Gasteiger partial charge >= 0.3 is 0 Å². The Morgan fingerprint density at radius 2 is 1.80 bits per heavy atom. The van der Waals surface area contributed by atoms with Crippen molar-refractivity contribution >= 4 is 43.3 Å². The van der Waals surface area contributed by atoms with Gasteiger partial charge in [-0.05, 0) is 65.3 Å². The second-order valence-electron chi connectivity index (χ2n) is 6.72. The van der Waals surface area contributed by atoms with Crippen LogP contribution in [0.3, 0.4) is 0 Å². The predicted molar refractivity (Wildman–Crippen MR) is 119 cm³/mol. The number of carbonyl (C=O) groups is 1. The van der Waals surface area contributed by atoms with Gasteiger partial charge in [0.05, 0.1) is 17.7 Å². The number of aldehydes is 1. The summed E-state index contributed by atoms with van der Waals surface area (Å²) >= 11 is 3.48. The van der Waals surface area contributed by atoms with Gasteiger partial charge in [-0.2, -0.15) is 0 Å². The number of pyridine rings is 1. The van der Waals surface area contributed by atoms with Crippen LogP contribution >= 0.6 is 15.9 Å². The Kier molecular flexibility index (Phi) is 5.21. The average molecular weight is 485 g/mol. The SMILES string of the molecule is COc1ccc(C=O)cc1-c1cc2c(Br)ccnc2n1S(=O)(=O)c1ccc(C)cc1. The van der Waals surface area contributed by atoms with Crippen molar-refractivity contribution < 1.29 is 17.9 Å². The minimum atomic E-state index is -3.99. The van der Waals surface area contributed by atoms with Crippen molar-refractivity contribution in [2.75, 3.05) is 7.11 Å². The van der Waals surface area contributed by atoms with Gasteiger partial charge in [0.2, 0.25) is 0 Å². The molecule has 4 aromatic rings. The minimum absolute atomic E-state index is 0.138. The molecule has 0 atom stereocenters. The molecule has 2 heterocycles. The Labute approximate surface area is 182 Å². The zero-order valence-electron chi connectivity index (χ0n) is 16.2. The van der Waals surface area contributed by atoms with Gasteiger partial charge in [-0.3, -0.25) is 4.79 Å². The third-order valence-corrected chi connectivity index (χ3v) is 7.21. The molecule has 0 aliphatic carbocycles. The fourth-order valence-corrected chi connectivity index (χ4v) is 5.17. The summed E-state index contributed by atoms with van der Waals surface area (Å²) in [5.41, 5.74) is 2.46. The van der Waals surface area contributed by atoms with Crippen LogP contribution in [0.5, 0.6) is 5.75 Å². The van der Waals surface area contributed by atoms with E-state index in [4.69, 9.17) is 4.74 Å². The molecule has 0 amide bonds. The summed E-state index contributed by atoms with van der Waals surface area (Å²) in [5, 5.41) is 0.627. The Morgan fingerprint density at radius 3 is 2.47 bits per heavy atom. The van der Waals surface area contributed by atoms with Gasteiger partial charge < -0.3 is 4.74 Å². The summed E-state index contributed by atoms with van der Waals surface area (Å²) in [6, 6.07) is 15.0. The first-order chi connectivity index (χ1) is 14.4. The standard InChI is InChI=1S/C22H17BrN2O4S/c1-14-3-6-16(7-4-14)30(27,28)25-20(12-17-19(23)9-10-24-22(17)25)18-11-15(13-26)5-8-21(18)29-2/h3-13H,1-2H3. The first-order valence-corrected chi connectivity index (χ1v) is 11.2. The lowest BCUT2D eigenvalue weighted by molar-refractivity contribution is 0.112. The smallest absolute Gasteiger partial charge is 0.269 e. The largest absolute Gasteiger partial charge is 0.496 e. The van der Waals surface area contributed by atoms with Gasteiger partial charge in [-0.15, -0.1) is 0 Å². The first kappa shape index (κ1) is 20.3. The van der Waals surface area contributed by atoms with E-state index in [1.807, 2.05) is 6.92 Å². The Bertz CT molecular complexity index is 1380. The third kappa shape index (κ3) is 3.32. The van der Waals surface area contributed by atoms with Gasteiger partial charge in [0.25, 0.3) is 10.0 Å². The van der Waals surface area contributed by atoms with Crippen molar-refractivity contribution in [1.29, 1.82) is 0 Å². The lowest BCUT2D eigenvalue weighted by Crippen LogP contribution is -2.15. The fraction of sp³-hybridized carbons (Fsp3) is 0.0909.